The Morgan fingerprint density at radius 1 is 1.07 bits per heavy atom. The van der Waals surface area contributed by atoms with E-state index < -0.39 is 0 Å². The molecule has 1 aromatic carbocycles. The first-order chi connectivity index (χ1) is 7.02. The second kappa shape index (κ2) is 5.57. The van der Waals surface area contributed by atoms with Crippen LogP contribution >= 0.6 is 11.8 Å². The van der Waals surface area contributed by atoms with Crippen molar-refractivity contribution >= 4 is 11.8 Å². The van der Waals surface area contributed by atoms with E-state index in [4.69, 9.17) is 5.73 Å². The molecule has 2 atom stereocenters. The van der Waals surface area contributed by atoms with Crippen molar-refractivity contribution in [2.75, 3.05) is 0 Å². The number of rotatable bonds is 4. The first-order valence-electron chi connectivity index (χ1n) is 5.53. The van der Waals surface area contributed by atoms with E-state index in [0.29, 0.717) is 11.2 Å². The maximum absolute atomic E-state index is 5.95. The lowest BCUT2D eigenvalue weighted by Gasteiger charge is -2.18. The Hall–Kier alpha value is -0.470. The maximum atomic E-state index is 5.95. The molecule has 2 N–H and O–H groups in total. The fourth-order valence-corrected chi connectivity index (χ4v) is 2.52. The molecule has 0 saturated carbocycles. The minimum absolute atomic E-state index is 0.119. The van der Waals surface area contributed by atoms with E-state index in [9.17, 15) is 0 Å². The molecular weight excluding hydrogens is 202 g/mol. The summed E-state index contributed by atoms with van der Waals surface area (Å²) in [4.78, 5) is 1.33. The van der Waals surface area contributed by atoms with Gasteiger partial charge in [0.05, 0.1) is 0 Å². The van der Waals surface area contributed by atoms with Crippen molar-refractivity contribution in [2.24, 2.45) is 11.7 Å². The van der Waals surface area contributed by atoms with E-state index in [0.717, 1.165) is 0 Å². The van der Waals surface area contributed by atoms with Gasteiger partial charge in [0.25, 0.3) is 0 Å². The van der Waals surface area contributed by atoms with Gasteiger partial charge < -0.3 is 5.73 Å². The van der Waals surface area contributed by atoms with Crippen molar-refractivity contribution in [2.45, 2.75) is 43.9 Å². The lowest BCUT2D eigenvalue weighted by atomic mass is 10.1. The largest absolute Gasteiger partial charge is 0.324 e. The van der Waals surface area contributed by atoms with Crippen LogP contribution in [0.15, 0.2) is 29.2 Å². The average Bonchev–Trinajstić information content (AvgIpc) is 2.18. The number of hydrogen-bond acceptors (Lipinski definition) is 2. The zero-order valence-electron chi connectivity index (χ0n) is 10.0. The van der Waals surface area contributed by atoms with Gasteiger partial charge in [-0.05, 0) is 24.5 Å². The van der Waals surface area contributed by atoms with Crippen molar-refractivity contribution in [1.29, 1.82) is 0 Å². The van der Waals surface area contributed by atoms with Crippen molar-refractivity contribution in [1.82, 2.24) is 0 Å². The summed E-state index contributed by atoms with van der Waals surface area (Å²) in [6.07, 6.45) is 0. The fraction of sp³-hybridized carbons (Fsp3) is 0.538. The molecule has 0 fully saturated rings. The average molecular weight is 223 g/mol. The van der Waals surface area contributed by atoms with Crippen LogP contribution in [-0.2, 0) is 0 Å². The molecule has 0 amide bonds. The van der Waals surface area contributed by atoms with Gasteiger partial charge in [0.1, 0.15) is 0 Å². The summed E-state index contributed by atoms with van der Waals surface area (Å²) < 4.78 is 0. The molecule has 0 spiro atoms. The molecule has 1 rings (SSSR count). The molecule has 1 unspecified atom stereocenters. The predicted molar refractivity (Wildman–Crippen MR) is 69.2 cm³/mol. The molecule has 15 heavy (non-hydrogen) atoms. The molecule has 1 nitrogen and oxygen atoms in total. The van der Waals surface area contributed by atoms with Gasteiger partial charge in [-0.15, -0.1) is 11.8 Å². The summed E-state index contributed by atoms with van der Waals surface area (Å²) in [5, 5.41) is 0.630. The lowest BCUT2D eigenvalue weighted by Crippen LogP contribution is -2.09. The highest BCUT2D eigenvalue weighted by molar-refractivity contribution is 8.00. The summed E-state index contributed by atoms with van der Waals surface area (Å²) in [6.45, 7) is 8.82. The Morgan fingerprint density at radius 3 is 2.20 bits per heavy atom. The third-order valence-corrected chi connectivity index (χ3v) is 4.20. The molecule has 1 aromatic rings. The molecule has 0 bridgehead atoms. The van der Waals surface area contributed by atoms with Crippen molar-refractivity contribution < 1.29 is 0 Å². The van der Waals surface area contributed by atoms with Gasteiger partial charge in [-0.2, -0.15) is 0 Å². The third-order valence-electron chi connectivity index (χ3n) is 2.66. The maximum Gasteiger partial charge on any atom is 0.0277 e. The minimum Gasteiger partial charge on any atom is -0.324 e. The predicted octanol–water partition coefficient (Wildman–Crippen LogP) is 3.84. The molecule has 0 aromatic heterocycles. The Morgan fingerprint density at radius 2 is 1.67 bits per heavy atom. The van der Waals surface area contributed by atoms with Crippen LogP contribution in [0.5, 0.6) is 0 Å². The Labute approximate surface area is 97.4 Å². The zero-order valence-corrected chi connectivity index (χ0v) is 10.8. The topological polar surface area (TPSA) is 26.0 Å². The van der Waals surface area contributed by atoms with Gasteiger partial charge in [0.2, 0.25) is 0 Å². The quantitative estimate of drug-likeness (QED) is 0.785. The van der Waals surface area contributed by atoms with Gasteiger partial charge in [-0.25, -0.2) is 0 Å². The summed E-state index contributed by atoms with van der Waals surface area (Å²) in [7, 11) is 0. The smallest absolute Gasteiger partial charge is 0.0277 e. The van der Waals surface area contributed by atoms with Gasteiger partial charge in [-0.1, -0.05) is 39.0 Å². The molecule has 0 heterocycles. The van der Waals surface area contributed by atoms with Crippen molar-refractivity contribution in [3.63, 3.8) is 0 Å². The van der Waals surface area contributed by atoms with Gasteiger partial charge in [-0.3, -0.25) is 0 Å². The van der Waals surface area contributed by atoms with Crippen LogP contribution in [0.25, 0.3) is 0 Å². The molecule has 0 saturated heterocycles. The molecule has 0 aliphatic rings. The Kier molecular flexibility index (Phi) is 4.68. The second-order valence-corrected chi connectivity index (χ2v) is 5.81. The van der Waals surface area contributed by atoms with Crippen LogP contribution in [0, 0.1) is 5.92 Å². The monoisotopic (exact) mass is 223 g/mol. The molecular formula is C13H21NS. The van der Waals surface area contributed by atoms with Crippen LogP contribution in [-0.4, -0.2) is 5.25 Å². The van der Waals surface area contributed by atoms with E-state index in [1.54, 1.807) is 0 Å². The Bertz CT molecular complexity index is 307. The highest BCUT2D eigenvalue weighted by Crippen LogP contribution is 2.32. The number of nitrogens with two attached hydrogens (primary N) is 1. The van der Waals surface area contributed by atoms with E-state index in [1.165, 1.54) is 10.5 Å². The Balaban J connectivity index is 2.84. The van der Waals surface area contributed by atoms with Crippen LogP contribution < -0.4 is 5.73 Å². The summed E-state index contributed by atoms with van der Waals surface area (Å²) in [6, 6.07) is 8.56. The fourth-order valence-electron chi connectivity index (χ4n) is 1.30. The van der Waals surface area contributed by atoms with Gasteiger partial charge in [0, 0.05) is 16.2 Å². The van der Waals surface area contributed by atoms with Gasteiger partial charge in [0.15, 0.2) is 0 Å². The first kappa shape index (κ1) is 12.6. The summed E-state index contributed by atoms with van der Waals surface area (Å²) >= 11 is 1.93. The zero-order chi connectivity index (χ0) is 11.4. The van der Waals surface area contributed by atoms with Crippen LogP contribution in [0.4, 0.5) is 0 Å². The van der Waals surface area contributed by atoms with Crippen LogP contribution in [0.1, 0.15) is 39.3 Å². The van der Waals surface area contributed by atoms with E-state index in [2.05, 4.69) is 45.0 Å². The summed E-state index contributed by atoms with van der Waals surface area (Å²) in [5.74, 6) is 0.691. The standard InChI is InChI=1S/C13H21NS/c1-9(2)11(4)15-13-8-6-5-7-12(13)10(3)14/h5-11H,14H2,1-4H3/t10-,11?/m1/s1. The first-order valence-corrected chi connectivity index (χ1v) is 6.41. The summed E-state index contributed by atoms with van der Waals surface area (Å²) in [5.41, 5.74) is 7.21. The van der Waals surface area contributed by atoms with E-state index in [-0.39, 0.29) is 6.04 Å². The van der Waals surface area contributed by atoms with E-state index >= 15 is 0 Å². The lowest BCUT2D eigenvalue weighted by molar-refractivity contribution is 0.641. The SMILES string of the molecule is CC(C)C(C)Sc1ccccc1[C@@H](C)N. The molecule has 2 heteroatoms. The number of benzene rings is 1. The van der Waals surface area contributed by atoms with Crippen LogP contribution in [0.3, 0.4) is 0 Å². The highest BCUT2D eigenvalue weighted by Gasteiger charge is 2.12. The minimum atomic E-state index is 0.119. The van der Waals surface area contributed by atoms with Crippen molar-refractivity contribution in [3.05, 3.63) is 29.8 Å². The third kappa shape index (κ3) is 3.54. The number of hydrogen-bond donors (Lipinski definition) is 1. The van der Waals surface area contributed by atoms with Crippen molar-refractivity contribution in [3.8, 4) is 0 Å². The number of thioether (sulfide) groups is 1. The normalized spacial score (nSPS) is 15.3. The molecule has 0 radical (unpaired) electrons. The highest BCUT2D eigenvalue weighted by atomic mass is 32.2. The molecule has 0 aliphatic carbocycles. The van der Waals surface area contributed by atoms with Crippen LogP contribution in [0.2, 0.25) is 0 Å². The molecule has 84 valence electrons. The van der Waals surface area contributed by atoms with E-state index in [1.807, 2.05) is 18.7 Å². The van der Waals surface area contributed by atoms with Gasteiger partial charge >= 0.3 is 0 Å². The second-order valence-electron chi connectivity index (χ2n) is 4.39. The molecule has 0 aliphatic heterocycles.